The van der Waals surface area contributed by atoms with E-state index in [-0.39, 0.29) is 5.91 Å². The number of carbonyl (C=O) groups excluding carboxylic acids is 1. The fraction of sp³-hybridized carbons (Fsp3) is 0.857. The van der Waals surface area contributed by atoms with Crippen molar-refractivity contribution in [3.05, 3.63) is 0 Å². The molecule has 1 amide bonds. The molecule has 1 rings (SSSR count). The molecule has 0 spiro atoms. The number of nitrogens with zero attached hydrogens (tertiary/aromatic N) is 3. The summed E-state index contributed by atoms with van der Waals surface area (Å²) in [5, 5.41) is 11.9. The number of carbonyl (C=O) groups is 1. The van der Waals surface area contributed by atoms with Crippen molar-refractivity contribution >= 4 is 5.91 Å². The Bertz CT molecular complexity index is 307. The van der Waals surface area contributed by atoms with Gasteiger partial charge in [0.05, 0.1) is 19.0 Å². The monoisotopic (exact) mass is 266 g/mol. The summed E-state index contributed by atoms with van der Waals surface area (Å²) in [6.07, 6.45) is 2.81. The van der Waals surface area contributed by atoms with Gasteiger partial charge >= 0.3 is 0 Å². The number of piperidine rings is 1. The van der Waals surface area contributed by atoms with Crippen LogP contribution in [-0.2, 0) is 4.79 Å². The number of amides is 1. The van der Waals surface area contributed by atoms with E-state index in [0.717, 1.165) is 26.2 Å². The predicted octanol–water partition coefficient (Wildman–Crippen LogP) is 0.680. The van der Waals surface area contributed by atoms with Crippen molar-refractivity contribution in [1.82, 2.24) is 15.1 Å². The van der Waals surface area contributed by atoms with Crippen molar-refractivity contribution in [1.29, 1.82) is 5.26 Å². The van der Waals surface area contributed by atoms with Crippen molar-refractivity contribution in [3.63, 3.8) is 0 Å². The average Bonchev–Trinajstić information content (AvgIpc) is 2.44. The van der Waals surface area contributed by atoms with Crippen LogP contribution in [0.3, 0.4) is 0 Å². The molecule has 0 atom stereocenters. The summed E-state index contributed by atoms with van der Waals surface area (Å²) in [5.74, 6) is 0.824. The zero-order valence-corrected chi connectivity index (χ0v) is 12.2. The van der Waals surface area contributed by atoms with Gasteiger partial charge in [0.2, 0.25) is 5.91 Å². The van der Waals surface area contributed by atoms with Gasteiger partial charge in [-0.05, 0) is 38.4 Å². The van der Waals surface area contributed by atoms with Gasteiger partial charge in [0.15, 0.2) is 0 Å². The van der Waals surface area contributed by atoms with E-state index in [2.05, 4.69) is 23.2 Å². The second kappa shape index (κ2) is 8.89. The summed E-state index contributed by atoms with van der Waals surface area (Å²) >= 11 is 0. The van der Waals surface area contributed by atoms with Crippen LogP contribution in [0.15, 0.2) is 0 Å². The maximum Gasteiger partial charge on any atom is 0.236 e. The SMILES string of the molecule is CCN(CC(=O)N(C)CCC#N)CC1CCNCC1. The minimum Gasteiger partial charge on any atom is -0.344 e. The highest BCUT2D eigenvalue weighted by Gasteiger charge is 2.19. The van der Waals surface area contributed by atoms with Crippen molar-refractivity contribution < 1.29 is 4.79 Å². The summed E-state index contributed by atoms with van der Waals surface area (Å²) in [7, 11) is 1.78. The van der Waals surface area contributed by atoms with E-state index in [0.29, 0.717) is 25.4 Å². The quantitative estimate of drug-likeness (QED) is 0.736. The van der Waals surface area contributed by atoms with Crippen LogP contribution in [-0.4, -0.2) is 62.0 Å². The lowest BCUT2D eigenvalue weighted by molar-refractivity contribution is -0.131. The molecule has 5 nitrogen and oxygen atoms in total. The standard InChI is InChI=1S/C14H26N4O/c1-3-18(11-13-5-8-16-9-6-13)12-14(19)17(2)10-4-7-15/h13,16H,3-6,8-12H2,1-2H3. The van der Waals surface area contributed by atoms with Gasteiger partial charge in [-0.1, -0.05) is 6.92 Å². The maximum absolute atomic E-state index is 12.0. The molecule has 0 radical (unpaired) electrons. The third kappa shape index (κ3) is 6.04. The molecule has 1 aliphatic heterocycles. The summed E-state index contributed by atoms with van der Waals surface area (Å²) < 4.78 is 0. The van der Waals surface area contributed by atoms with Crippen molar-refractivity contribution in [2.24, 2.45) is 5.92 Å². The van der Waals surface area contributed by atoms with E-state index >= 15 is 0 Å². The zero-order valence-electron chi connectivity index (χ0n) is 12.2. The fourth-order valence-electron chi connectivity index (χ4n) is 2.39. The van der Waals surface area contributed by atoms with Crippen LogP contribution in [0.2, 0.25) is 0 Å². The van der Waals surface area contributed by atoms with Gasteiger partial charge in [-0.3, -0.25) is 9.69 Å². The zero-order chi connectivity index (χ0) is 14.1. The summed E-state index contributed by atoms with van der Waals surface area (Å²) in [6.45, 7) is 7.21. The molecule has 19 heavy (non-hydrogen) atoms. The molecule has 0 aromatic heterocycles. The highest BCUT2D eigenvalue weighted by molar-refractivity contribution is 5.77. The lowest BCUT2D eigenvalue weighted by atomic mass is 9.97. The van der Waals surface area contributed by atoms with Gasteiger partial charge in [-0.25, -0.2) is 0 Å². The Kier molecular flexibility index (Phi) is 7.46. The summed E-state index contributed by atoms with van der Waals surface area (Å²) in [5.41, 5.74) is 0. The van der Waals surface area contributed by atoms with Crippen LogP contribution in [0.4, 0.5) is 0 Å². The molecule has 1 saturated heterocycles. The van der Waals surface area contributed by atoms with Crippen LogP contribution in [0, 0.1) is 17.2 Å². The van der Waals surface area contributed by atoms with Crippen molar-refractivity contribution in [3.8, 4) is 6.07 Å². The van der Waals surface area contributed by atoms with Gasteiger partial charge in [-0.15, -0.1) is 0 Å². The summed E-state index contributed by atoms with van der Waals surface area (Å²) in [6, 6.07) is 2.07. The van der Waals surface area contributed by atoms with Gasteiger partial charge in [0.25, 0.3) is 0 Å². The molecule has 0 bridgehead atoms. The van der Waals surface area contributed by atoms with Crippen LogP contribution < -0.4 is 5.32 Å². The topological polar surface area (TPSA) is 59.4 Å². The fourth-order valence-corrected chi connectivity index (χ4v) is 2.39. The second-order valence-electron chi connectivity index (χ2n) is 5.24. The molecule has 0 unspecified atom stereocenters. The highest BCUT2D eigenvalue weighted by Crippen LogP contribution is 2.13. The Labute approximate surface area is 116 Å². The number of hydrogen-bond acceptors (Lipinski definition) is 4. The lowest BCUT2D eigenvalue weighted by Crippen LogP contribution is -2.42. The molecule has 1 aliphatic rings. The minimum atomic E-state index is 0.117. The third-order valence-corrected chi connectivity index (χ3v) is 3.77. The van der Waals surface area contributed by atoms with Crippen LogP contribution in [0.5, 0.6) is 0 Å². The van der Waals surface area contributed by atoms with Crippen LogP contribution in [0.1, 0.15) is 26.2 Å². The molecule has 0 saturated carbocycles. The molecule has 1 N–H and O–H groups in total. The number of rotatable bonds is 7. The molecule has 1 fully saturated rings. The number of likely N-dealkylation sites (N-methyl/N-ethyl adjacent to an activating group) is 2. The van der Waals surface area contributed by atoms with E-state index < -0.39 is 0 Å². The van der Waals surface area contributed by atoms with Gasteiger partial charge in [-0.2, -0.15) is 5.26 Å². The van der Waals surface area contributed by atoms with E-state index in [1.54, 1.807) is 11.9 Å². The Morgan fingerprint density at radius 1 is 1.42 bits per heavy atom. The largest absolute Gasteiger partial charge is 0.344 e. The second-order valence-corrected chi connectivity index (χ2v) is 5.24. The highest BCUT2D eigenvalue weighted by atomic mass is 16.2. The van der Waals surface area contributed by atoms with E-state index in [4.69, 9.17) is 5.26 Å². The van der Waals surface area contributed by atoms with Crippen LogP contribution in [0.25, 0.3) is 0 Å². The third-order valence-electron chi connectivity index (χ3n) is 3.77. The van der Waals surface area contributed by atoms with E-state index in [1.807, 2.05) is 0 Å². The number of hydrogen-bond donors (Lipinski definition) is 1. The Morgan fingerprint density at radius 2 is 2.11 bits per heavy atom. The Balaban J connectivity index is 2.34. The average molecular weight is 266 g/mol. The number of nitriles is 1. The molecule has 5 heteroatoms. The van der Waals surface area contributed by atoms with Crippen molar-refractivity contribution in [2.75, 3.05) is 46.3 Å². The van der Waals surface area contributed by atoms with Crippen molar-refractivity contribution in [2.45, 2.75) is 26.2 Å². The Morgan fingerprint density at radius 3 is 2.68 bits per heavy atom. The molecule has 0 aromatic carbocycles. The molecule has 0 aliphatic carbocycles. The molecular formula is C14H26N4O. The summed E-state index contributed by atoms with van der Waals surface area (Å²) in [4.78, 5) is 15.9. The molecule has 1 heterocycles. The maximum atomic E-state index is 12.0. The lowest BCUT2D eigenvalue weighted by Gasteiger charge is -2.30. The molecular weight excluding hydrogens is 240 g/mol. The first-order chi connectivity index (χ1) is 9.17. The first-order valence-corrected chi connectivity index (χ1v) is 7.21. The smallest absolute Gasteiger partial charge is 0.236 e. The van der Waals surface area contributed by atoms with Gasteiger partial charge in [0, 0.05) is 20.1 Å². The first-order valence-electron chi connectivity index (χ1n) is 7.21. The van der Waals surface area contributed by atoms with E-state index in [1.165, 1.54) is 12.8 Å². The Hall–Kier alpha value is -1.12. The van der Waals surface area contributed by atoms with Crippen LogP contribution >= 0.6 is 0 Å². The molecule has 0 aromatic rings. The minimum absolute atomic E-state index is 0.117. The van der Waals surface area contributed by atoms with Gasteiger partial charge < -0.3 is 10.2 Å². The van der Waals surface area contributed by atoms with E-state index in [9.17, 15) is 4.79 Å². The predicted molar refractivity (Wildman–Crippen MR) is 75.6 cm³/mol. The van der Waals surface area contributed by atoms with Gasteiger partial charge in [0.1, 0.15) is 0 Å². The number of nitrogens with one attached hydrogen (secondary N) is 1. The normalized spacial score (nSPS) is 16.3. The first kappa shape index (κ1) is 15.9. The molecule has 108 valence electrons.